The van der Waals surface area contributed by atoms with Crippen LogP contribution in [0, 0.1) is 0 Å². The van der Waals surface area contributed by atoms with Crippen LogP contribution in [0.3, 0.4) is 0 Å². The molecule has 1 aromatic rings. The molecule has 1 fully saturated rings. The number of rotatable bonds is 8. The highest BCUT2D eigenvalue weighted by Gasteiger charge is 2.32. The van der Waals surface area contributed by atoms with Crippen LogP contribution in [-0.2, 0) is 16.0 Å². The van der Waals surface area contributed by atoms with E-state index >= 15 is 0 Å². The number of benzene rings is 1. The normalized spacial score (nSPS) is 17.3. The maximum absolute atomic E-state index is 12.2. The van der Waals surface area contributed by atoms with Crippen LogP contribution in [0.25, 0.3) is 0 Å². The van der Waals surface area contributed by atoms with E-state index in [4.69, 9.17) is 16.3 Å². The lowest BCUT2D eigenvalue weighted by atomic mass is 10.0. The Bertz CT molecular complexity index is 591. The molecular formula is C21H31ClNO2+. The molecule has 4 heteroatoms. The minimum absolute atomic E-state index is 0.0547. The van der Waals surface area contributed by atoms with Gasteiger partial charge in [0.1, 0.15) is 0 Å². The third-order valence-electron chi connectivity index (χ3n) is 4.95. The highest BCUT2D eigenvalue weighted by Crippen LogP contribution is 2.22. The lowest BCUT2D eigenvalue weighted by Crippen LogP contribution is -2.54. The Hall–Kier alpha value is -1.32. The molecule has 0 atom stereocenters. The van der Waals surface area contributed by atoms with Gasteiger partial charge in [-0.15, -0.1) is 0 Å². The smallest absolute Gasteiger partial charge is 0.361 e. The summed E-state index contributed by atoms with van der Waals surface area (Å²) in [6.45, 7) is 8.24. The highest BCUT2D eigenvalue weighted by molar-refractivity contribution is 6.31. The van der Waals surface area contributed by atoms with Gasteiger partial charge in [-0.1, -0.05) is 42.3 Å². The minimum atomic E-state index is -0.0547. The van der Waals surface area contributed by atoms with Gasteiger partial charge < -0.3 is 9.22 Å². The summed E-state index contributed by atoms with van der Waals surface area (Å²) in [6.07, 6.45) is 7.69. The van der Waals surface area contributed by atoms with Crippen LogP contribution >= 0.6 is 11.6 Å². The average Bonchev–Trinajstić information content (AvgIpc) is 2.61. The molecule has 0 N–H and O–H groups in total. The first-order valence-electron chi connectivity index (χ1n) is 9.44. The van der Waals surface area contributed by atoms with Crippen LogP contribution in [0.4, 0.5) is 0 Å². The molecule has 0 amide bonds. The number of allylic oxidation sites excluding steroid dienone is 1. The summed E-state index contributed by atoms with van der Waals surface area (Å²) < 4.78 is 6.18. The predicted molar refractivity (Wildman–Crippen MR) is 104 cm³/mol. The quantitative estimate of drug-likeness (QED) is 0.377. The Kier molecular flexibility index (Phi) is 7.98. The number of quaternary nitrogens is 1. The molecule has 0 radical (unpaired) electrons. The number of ether oxygens (including phenoxy) is 1. The average molecular weight is 365 g/mol. The molecule has 1 aromatic carbocycles. The second-order valence-electron chi connectivity index (χ2n) is 7.23. The number of hydrogen-bond acceptors (Lipinski definition) is 2. The molecule has 1 aliphatic heterocycles. The number of hydrogen-bond donors (Lipinski definition) is 0. The van der Waals surface area contributed by atoms with Crippen molar-refractivity contribution in [1.29, 1.82) is 0 Å². The highest BCUT2D eigenvalue weighted by atomic mass is 35.5. The molecule has 2 rings (SSSR count). The van der Waals surface area contributed by atoms with Crippen LogP contribution < -0.4 is 0 Å². The largest absolute Gasteiger partial charge is 0.462 e. The zero-order valence-corrected chi connectivity index (χ0v) is 16.4. The standard InChI is InChI=1S/C21H31ClNO2/c1-3-15-25-21(24)17-23(12-7-4-8-13-23)14-11-18(2)16-19-9-5-6-10-20(19)22/h5-6,9-11H,3-4,7-8,12-17H2,1-2H3/q+1/b18-11+. The van der Waals surface area contributed by atoms with Gasteiger partial charge in [0, 0.05) is 5.02 Å². The summed E-state index contributed by atoms with van der Waals surface area (Å²) in [5.74, 6) is -0.0547. The summed E-state index contributed by atoms with van der Waals surface area (Å²) in [6, 6.07) is 8.00. The SMILES string of the molecule is CCCOC(=O)C[N+]1(C/C=C(\C)Cc2ccccc2Cl)CCCCC1. The molecular weight excluding hydrogens is 334 g/mol. The van der Waals surface area contributed by atoms with Gasteiger partial charge in [-0.2, -0.15) is 0 Å². The molecule has 0 saturated carbocycles. The van der Waals surface area contributed by atoms with Crippen LogP contribution in [0.5, 0.6) is 0 Å². The number of carbonyl (C=O) groups is 1. The van der Waals surface area contributed by atoms with E-state index in [9.17, 15) is 4.79 Å². The van der Waals surface area contributed by atoms with Gasteiger partial charge in [0.15, 0.2) is 6.54 Å². The molecule has 1 heterocycles. The van der Waals surface area contributed by atoms with E-state index in [-0.39, 0.29) is 5.97 Å². The van der Waals surface area contributed by atoms with Crippen molar-refractivity contribution in [2.45, 2.75) is 46.0 Å². The van der Waals surface area contributed by atoms with Gasteiger partial charge in [0.25, 0.3) is 0 Å². The molecule has 1 aliphatic rings. The van der Waals surface area contributed by atoms with Gasteiger partial charge in [-0.3, -0.25) is 0 Å². The third-order valence-corrected chi connectivity index (χ3v) is 5.32. The van der Waals surface area contributed by atoms with Crippen LogP contribution in [0.15, 0.2) is 35.9 Å². The van der Waals surface area contributed by atoms with Gasteiger partial charge in [0.05, 0.1) is 26.2 Å². The van der Waals surface area contributed by atoms with E-state index < -0.39 is 0 Å². The number of esters is 1. The summed E-state index contributed by atoms with van der Waals surface area (Å²) in [7, 11) is 0. The number of nitrogens with zero attached hydrogens (tertiary/aromatic N) is 1. The molecule has 0 unspecified atom stereocenters. The fourth-order valence-corrected chi connectivity index (χ4v) is 3.69. The molecule has 0 bridgehead atoms. The summed E-state index contributed by atoms with van der Waals surface area (Å²) in [5.41, 5.74) is 2.46. The molecule has 0 spiro atoms. The Labute approximate surface area is 157 Å². The van der Waals surface area contributed by atoms with Gasteiger partial charge >= 0.3 is 5.97 Å². The second kappa shape index (κ2) is 9.98. The number of piperidine rings is 1. The maximum Gasteiger partial charge on any atom is 0.361 e. The van der Waals surface area contributed by atoms with E-state index in [1.807, 2.05) is 25.1 Å². The summed E-state index contributed by atoms with van der Waals surface area (Å²) >= 11 is 6.27. The first kappa shape index (κ1) is 20.0. The third kappa shape index (κ3) is 6.48. The van der Waals surface area contributed by atoms with Crippen LogP contribution in [0.1, 0.15) is 45.1 Å². The lowest BCUT2D eigenvalue weighted by Gasteiger charge is -2.40. The van der Waals surface area contributed by atoms with Gasteiger partial charge in [0.2, 0.25) is 0 Å². The Morgan fingerprint density at radius 3 is 2.64 bits per heavy atom. The van der Waals surface area contributed by atoms with Gasteiger partial charge in [-0.05, 0) is 56.7 Å². The first-order valence-corrected chi connectivity index (χ1v) is 9.82. The van der Waals surface area contributed by atoms with E-state index in [1.54, 1.807) is 0 Å². The van der Waals surface area contributed by atoms with Crippen molar-refractivity contribution in [1.82, 2.24) is 0 Å². The predicted octanol–water partition coefficient (Wildman–Crippen LogP) is 4.78. The van der Waals surface area contributed by atoms with Crippen molar-refractivity contribution in [3.8, 4) is 0 Å². The van der Waals surface area contributed by atoms with E-state index in [0.29, 0.717) is 13.2 Å². The molecule has 0 aromatic heterocycles. The maximum atomic E-state index is 12.2. The Morgan fingerprint density at radius 2 is 1.96 bits per heavy atom. The van der Waals surface area contributed by atoms with Crippen molar-refractivity contribution < 1.29 is 14.0 Å². The van der Waals surface area contributed by atoms with Crippen LogP contribution in [0.2, 0.25) is 5.02 Å². The van der Waals surface area contributed by atoms with Crippen molar-refractivity contribution in [3.63, 3.8) is 0 Å². The minimum Gasteiger partial charge on any atom is -0.462 e. The van der Waals surface area contributed by atoms with Crippen LogP contribution in [-0.4, -0.2) is 43.2 Å². The molecule has 0 aliphatic carbocycles. The summed E-state index contributed by atoms with van der Waals surface area (Å²) in [5, 5.41) is 0.820. The van der Waals surface area contributed by atoms with E-state index in [0.717, 1.165) is 47.5 Å². The zero-order chi connectivity index (χ0) is 18.1. The molecule has 1 saturated heterocycles. The summed E-state index contributed by atoms with van der Waals surface area (Å²) in [4.78, 5) is 12.2. The Morgan fingerprint density at radius 1 is 1.24 bits per heavy atom. The monoisotopic (exact) mass is 364 g/mol. The number of halogens is 1. The molecule has 3 nitrogen and oxygen atoms in total. The molecule has 138 valence electrons. The number of carbonyl (C=O) groups excluding carboxylic acids is 1. The lowest BCUT2D eigenvalue weighted by molar-refractivity contribution is -0.920. The zero-order valence-electron chi connectivity index (χ0n) is 15.6. The topological polar surface area (TPSA) is 26.3 Å². The fraction of sp³-hybridized carbons (Fsp3) is 0.571. The molecule has 25 heavy (non-hydrogen) atoms. The van der Waals surface area contributed by atoms with Gasteiger partial charge in [-0.25, -0.2) is 4.79 Å². The van der Waals surface area contributed by atoms with E-state index in [2.05, 4.69) is 19.1 Å². The van der Waals surface area contributed by atoms with Crippen molar-refractivity contribution in [2.24, 2.45) is 0 Å². The second-order valence-corrected chi connectivity index (χ2v) is 7.64. The number of likely N-dealkylation sites (tertiary alicyclic amines) is 1. The van der Waals surface area contributed by atoms with Crippen molar-refractivity contribution >= 4 is 17.6 Å². The van der Waals surface area contributed by atoms with Crippen molar-refractivity contribution in [3.05, 3.63) is 46.5 Å². The fourth-order valence-electron chi connectivity index (χ4n) is 3.49. The van der Waals surface area contributed by atoms with E-state index in [1.165, 1.54) is 24.8 Å². The van der Waals surface area contributed by atoms with Crippen molar-refractivity contribution in [2.75, 3.05) is 32.8 Å². The first-order chi connectivity index (χ1) is 12.0. The Balaban J connectivity index is 2.00.